The fourth-order valence-corrected chi connectivity index (χ4v) is 2.24. The first-order valence-electron chi connectivity index (χ1n) is 6.67. The molecular weight excluding hydrogens is 238 g/mol. The summed E-state index contributed by atoms with van der Waals surface area (Å²) in [5.74, 6) is 0.619. The number of nitrogens with one attached hydrogen (secondary N) is 1. The van der Waals surface area contributed by atoms with Crippen LogP contribution in [0.5, 0.6) is 5.88 Å². The van der Waals surface area contributed by atoms with Crippen molar-refractivity contribution in [2.45, 2.75) is 18.9 Å². The molecular formula is C15H17N3O. The van der Waals surface area contributed by atoms with Crippen molar-refractivity contribution in [3.8, 4) is 17.1 Å². The molecule has 0 radical (unpaired) electrons. The maximum Gasteiger partial charge on any atom is 0.233 e. The maximum absolute atomic E-state index is 5.90. The van der Waals surface area contributed by atoms with Gasteiger partial charge in [-0.3, -0.25) is 4.98 Å². The fraction of sp³-hybridized carbons (Fsp3) is 0.333. The molecule has 98 valence electrons. The molecule has 0 spiro atoms. The summed E-state index contributed by atoms with van der Waals surface area (Å²) in [4.78, 5) is 8.76. The molecule has 1 saturated heterocycles. The largest absolute Gasteiger partial charge is 0.473 e. The Kier molecular flexibility index (Phi) is 3.70. The molecule has 4 heteroatoms. The van der Waals surface area contributed by atoms with Crippen LogP contribution in [0.3, 0.4) is 0 Å². The van der Waals surface area contributed by atoms with Crippen molar-refractivity contribution in [3.05, 3.63) is 42.7 Å². The Bertz CT molecular complexity index is 524. The molecule has 0 bridgehead atoms. The molecule has 19 heavy (non-hydrogen) atoms. The van der Waals surface area contributed by atoms with Gasteiger partial charge in [-0.25, -0.2) is 4.98 Å². The van der Waals surface area contributed by atoms with Gasteiger partial charge in [0.2, 0.25) is 5.88 Å². The Hall–Kier alpha value is -1.94. The van der Waals surface area contributed by atoms with E-state index in [1.54, 1.807) is 12.4 Å². The first-order valence-corrected chi connectivity index (χ1v) is 6.67. The Morgan fingerprint density at radius 3 is 2.63 bits per heavy atom. The van der Waals surface area contributed by atoms with Crippen molar-refractivity contribution in [1.82, 2.24) is 15.3 Å². The topological polar surface area (TPSA) is 47.0 Å². The monoisotopic (exact) mass is 255 g/mol. The van der Waals surface area contributed by atoms with Crippen LogP contribution in [-0.4, -0.2) is 29.2 Å². The van der Waals surface area contributed by atoms with Crippen molar-refractivity contribution < 1.29 is 4.74 Å². The minimum atomic E-state index is 0.251. The first-order chi connectivity index (χ1) is 9.42. The van der Waals surface area contributed by atoms with E-state index in [9.17, 15) is 0 Å². The molecule has 1 fully saturated rings. The van der Waals surface area contributed by atoms with Crippen LogP contribution in [0.15, 0.2) is 42.7 Å². The number of piperidine rings is 1. The van der Waals surface area contributed by atoms with E-state index in [0.717, 1.165) is 37.2 Å². The minimum absolute atomic E-state index is 0.251. The number of rotatable bonds is 3. The van der Waals surface area contributed by atoms with Gasteiger partial charge in [0.15, 0.2) is 0 Å². The van der Waals surface area contributed by atoms with E-state index < -0.39 is 0 Å². The van der Waals surface area contributed by atoms with Gasteiger partial charge < -0.3 is 10.1 Å². The highest BCUT2D eigenvalue weighted by Crippen LogP contribution is 2.19. The van der Waals surface area contributed by atoms with E-state index in [1.165, 1.54) is 0 Å². The standard InChI is InChI=1S/C15H17N3O/c1-2-4-12(5-3-1)14-10-17-11-15(18-14)19-13-6-8-16-9-7-13/h1-5,10-11,13,16H,6-9H2. The Labute approximate surface area is 112 Å². The van der Waals surface area contributed by atoms with Crippen molar-refractivity contribution >= 4 is 0 Å². The Morgan fingerprint density at radius 1 is 1.05 bits per heavy atom. The predicted molar refractivity (Wildman–Crippen MR) is 74.0 cm³/mol. The second kappa shape index (κ2) is 5.80. The summed E-state index contributed by atoms with van der Waals surface area (Å²) in [6.07, 6.45) is 5.76. The molecule has 1 aromatic heterocycles. The number of aromatic nitrogens is 2. The zero-order valence-corrected chi connectivity index (χ0v) is 10.7. The second-order valence-corrected chi connectivity index (χ2v) is 4.68. The summed E-state index contributed by atoms with van der Waals surface area (Å²) in [6, 6.07) is 10.0. The lowest BCUT2D eigenvalue weighted by Crippen LogP contribution is -2.34. The summed E-state index contributed by atoms with van der Waals surface area (Å²) in [5, 5.41) is 3.32. The molecule has 3 rings (SSSR count). The summed E-state index contributed by atoms with van der Waals surface area (Å²) in [5.41, 5.74) is 1.91. The quantitative estimate of drug-likeness (QED) is 0.914. The highest BCUT2D eigenvalue weighted by atomic mass is 16.5. The average molecular weight is 255 g/mol. The molecule has 2 heterocycles. The van der Waals surface area contributed by atoms with Gasteiger partial charge >= 0.3 is 0 Å². The molecule has 0 saturated carbocycles. The number of nitrogens with zero attached hydrogens (tertiary/aromatic N) is 2. The van der Waals surface area contributed by atoms with E-state index in [2.05, 4.69) is 15.3 Å². The van der Waals surface area contributed by atoms with Crippen LogP contribution in [0.1, 0.15) is 12.8 Å². The third kappa shape index (κ3) is 3.09. The lowest BCUT2D eigenvalue weighted by atomic mass is 10.1. The molecule has 1 N–H and O–H groups in total. The maximum atomic E-state index is 5.90. The molecule has 0 aliphatic carbocycles. The zero-order valence-electron chi connectivity index (χ0n) is 10.7. The van der Waals surface area contributed by atoms with E-state index >= 15 is 0 Å². The smallest absolute Gasteiger partial charge is 0.233 e. The summed E-state index contributed by atoms with van der Waals surface area (Å²) < 4.78 is 5.90. The van der Waals surface area contributed by atoms with E-state index in [-0.39, 0.29) is 6.10 Å². The number of hydrogen-bond acceptors (Lipinski definition) is 4. The molecule has 2 aromatic rings. The van der Waals surface area contributed by atoms with Gasteiger partial charge in [-0.1, -0.05) is 30.3 Å². The molecule has 1 aliphatic rings. The minimum Gasteiger partial charge on any atom is -0.473 e. The van der Waals surface area contributed by atoms with Gasteiger partial charge in [0.25, 0.3) is 0 Å². The summed E-state index contributed by atoms with van der Waals surface area (Å²) in [7, 11) is 0. The third-order valence-corrected chi connectivity index (χ3v) is 3.26. The fourth-order valence-electron chi connectivity index (χ4n) is 2.24. The number of benzene rings is 1. The second-order valence-electron chi connectivity index (χ2n) is 4.68. The molecule has 0 amide bonds. The van der Waals surface area contributed by atoms with Gasteiger partial charge in [-0.2, -0.15) is 0 Å². The van der Waals surface area contributed by atoms with Crippen LogP contribution < -0.4 is 10.1 Å². The van der Waals surface area contributed by atoms with Crippen LogP contribution in [0.2, 0.25) is 0 Å². The lowest BCUT2D eigenvalue weighted by molar-refractivity contribution is 0.155. The van der Waals surface area contributed by atoms with Gasteiger partial charge in [0, 0.05) is 5.56 Å². The highest BCUT2D eigenvalue weighted by molar-refractivity contribution is 5.57. The zero-order chi connectivity index (χ0) is 12.9. The van der Waals surface area contributed by atoms with Crippen molar-refractivity contribution in [2.75, 3.05) is 13.1 Å². The van der Waals surface area contributed by atoms with Crippen molar-refractivity contribution in [3.63, 3.8) is 0 Å². The average Bonchev–Trinajstić information content (AvgIpc) is 2.49. The first kappa shape index (κ1) is 12.1. The highest BCUT2D eigenvalue weighted by Gasteiger charge is 2.15. The Morgan fingerprint density at radius 2 is 1.84 bits per heavy atom. The van der Waals surface area contributed by atoms with Crippen molar-refractivity contribution in [2.24, 2.45) is 0 Å². The van der Waals surface area contributed by atoms with Crippen LogP contribution in [0.25, 0.3) is 11.3 Å². The van der Waals surface area contributed by atoms with Crippen LogP contribution in [0, 0.1) is 0 Å². The molecule has 0 unspecified atom stereocenters. The SMILES string of the molecule is c1ccc(-c2cncc(OC3CCNCC3)n2)cc1. The summed E-state index contributed by atoms with van der Waals surface area (Å²) >= 11 is 0. The third-order valence-electron chi connectivity index (χ3n) is 3.26. The van der Waals surface area contributed by atoms with Gasteiger partial charge in [0.1, 0.15) is 6.10 Å². The van der Waals surface area contributed by atoms with Crippen LogP contribution in [0.4, 0.5) is 0 Å². The number of hydrogen-bond donors (Lipinski definition) is 1. The van der Waals surface area contributed by atoms with Gasteiger partial charge in [-0.05, 0) is 25.9 Å². The Balaban J connectivity index is 1.76. The number of ether oxygens (including phenoxy) is 1. The molecule has 1 aromatic carbocycles. The molecule has 1 aliphatic heterocycles. The summed E-state index contributed by atoms with van der Waals surface area (Å²) in [6.45, 7) is 2.02. The van der Waals surface area contributed by atoms with Crippen LogP contribution in [-0.2, 0) is 0 Å². The van der Waals surface area contributed by atoms with E-state index in [0.29, 0.717) is 5.88 Å². The predicted octanol–water partition coefficient (Wildman–Crippen LogP) is 2.27. The van der Waals surface area contributed by atoms with Crippen LogP contribution >= 0.6 is 0 Å². The normalized spacial score (nSPS) is 16.2. The lowest BCUT2D eigenvalue weighted by Gasteiger charge is -2.23. The van der Waals surface area contributed by atoms with Crippen molar-refractivity contribution in [1.29, 1.82) is 0 Å². The molecule has 4 nitrogen and oxygen atoms in total. The van der Waals surface area contributed by atoms with Gasteiger partial charge in [-0.15, -0.1) is 0 Å². The molecule has 0 atom stereocenters. The van der Waals surface area contributed by atoms with Gasteiger partial charge in [0.05, 0.1) is 18.1 Å². The van der Waals surface area contributed by atoms with E-state index in [4.69, 9.17) is 4.74 Å². The van der Waals surface area contributed by atoms with E-state index in [1.807, 2.05) is 30.3 Å².